The molecule has 0 saturated carbocycles. The Balaban J connectivity index is 1.70. The molecule has 7 heteroatoms. The average Bonchev–Trinajstić information content (AvgIpc) is 2.91. The van der Waals surface area contributed by atoms with Gasteiger partial charge in [-0.3, -0.25) is 4.79 Å². The Morgan fingerprint density at radius 1 is 1.12 bits per heavy atom. The van der Waals surface area contributed by atoms with Crippen LogP contribution in [0.1, 0.15) is 36.9 Å². The maximum atomic E-state index is 13.9. The molecule has 26 heavy (non-hydrogen) atoms. The minimum absolute atomic E-state index is 0.0979. The zero-order valence-electron chi connectivity index (χ0n) is 15.5. The molecule has 6 nitrogen and oxygen atoms in total. The second kappa shape index (κ2) is 6.63. The Morgan fingerprint density at radius 3 is 2.31 bits per heavy atom. The highest BCUT2D eigenvalue weighted by molar-refractivity contribution is 5.99. The van der Waals surface area contributed by atoms with Crippen molar-refractivity contribution in [2.75, 3.05) is 26.2 Å². The molecule has 0 N–H and O–H groups in total. The van der Waals surface area contributed by atoms with E-state index in [1.165, 1.54) is 6.07 Å². The van der Waals surface area contributed by atoms with Gasteiger partial charge in [0.2, 0.25) is 0 Å². The maximum Gasteiger partial charge on any atom is 0.410 e. The average molecular weight is 362 g/mol. The van der Waals surface area contributed by atoms with Crippen molar-refractivity contribution < 1.29 is 23.1 Å². The van der Waals surface area contributed by atoms with E-state index < -0.39 is 11.4 Å². The molecule has 3 rings (SSSR count). The summed E-state index contributed by atoms with van der Waals surface area (Å²) in [4.78, 5) is 28.1. The molecule has 0 unspecified atom stereocenters. The van der Waals surface area contributed by atoms with Crippen LogP contribution in [0.25, 0.3) is 11.0 Å². The fourth-order valence-electron chi connectivity index (χ4n) is 2.98. The third-order valence-corrected chi connectivity index (χ3v) is 4.33. The van der Waals surface area contributed by atoms with E-state index in [0.29, 0.717) is 37.1 Å². The van der Waals surface area contributed by atoms with Gasteiger partial charge in [0, 0.05) is 37.1 Å². The van der Waals surface area contributed by atoms with E-state index in [4.69, 9.17) is 9.15 Å². The molecular formula is C19H23FN2O4. The third kappa shape index (κ3) is 3.52. The van der Waals surface area contributed by atoms with Gasteiger partial charge in [-0.1, -0.05) is 12.1 Å². The van der Waals surface area contributed by atoms with Gasteiger partial charge in [-0.2, -0.15) is 0 Å². The molecule has 1 aromatic carbocycles. The number of fused-ring (bicyclic) bond motifs is 1. The number of nitrogens with zero attached hydrogens (tertiary/aromatic N) is 2. The van der Waals surface area contributed by atoms with Crippen molar-refractivity contribution in [2.24, 2.45) is 0 Å². The Hall–Kier alpha value is -2.57. The van der Waals surface area contributed by atoms with Crippen molar-refractivity contribution in [3.8, 4) is 0 Å². The lowest BCUT2D eigenvalue weighted by Crippen LogP contribution is -2.51. The summed E-state index contributed by atoms with van der Waals surface area (Å²) in [6, 6.07) is 4.63. The molecule has 1 aliphatic rings. The Morgan fingerprint density at radius 2 is 1.73 bits per heavy atom. The van der Waals surface area contributed by atoms with Crippen LogP contribution in [0, 0.1) is 12.7 Å². The predicted octanol–water partition coefficient (Wildman–Crippen LogP) is 3.57. The minimum Gasteiger partial charge on any atom is -0.448 e. The number of halogens is 1. The number of aryl methyl sites for hydroxylation is 1. The van der Waals surface area contributed by atoms with Gasteiger partial charge in [-0.15, -0.1) is 0 Å². The topological polar surface area (TPSA) is 63.0 Å². The molecule has 1 fully saturated rings. The minimum atomic E-state index is -0.556. The summed E-state index contributed by atoms with van der Waals surface area (Å²) in [5, 5.41) is 0.598. The molecular weight excluding hydrogens is 339 g/mol. The van der Waals surface area contributed by atoms with Gasteiger partial charge < -0.3 is 19.0 Å². The van der Waals surface area contributed by atoms with Crippen molar-refractivity contribution in [1.82, 2.24) is 9.80 Å². The highest BCUT2D eigenvalue weighted by Gasteiger charge is 2.30. The van der Waals surface area contributed by atoms with Crippen LogP contribution in [-0.2, 0) is 4.74 Å². The third-order valence-electron chi connectivity index (χ3n) is 4.33. The number of carbonyl (C=O) groups excluding carboxylic acids is 2. The molecule has 0 bridgehead atoms. The van der Waals surface area contributed by atoms with E-state index in [1.807, 2.05) is 20.8 Å². The number of carbonyl (C=O) groups is 2. The van der Waals surface area contributed by atoms with E-state index in [1.54, 1.807) is 28.9 Å². The number of hydrogen-bond acceptors (Lipinski definition) is 4. The second-order valence-electron chi connectivity index (χ2n) is 7.43. The van der Waals surface area contributed by atoms with E-state index in [0.717, 1.165) is 0 Å². The smallest absolute Gasteiger partial charge is 0.410 e. The van der Waals surface area contributed by atoms with Crippen LogP contribution in [0.4, 0.5) is 9.18 Å². The number of rotatable bonds is 1. The molecule has 140 valence electrons. The number of furan rings is 1. The summed E-state index contributed by atoms with van der Waals surface area (Å²) in [7, 11) is 0. The standard InChI is InChI=1S/C19H23FN2O4/c1-12-13-6-5-7-14(20)16(13)25-15(12)17(23)21-8-10-22(11-9-21)18(24)26-19(2,3)4/h5-7H,8-11H2,1-4H3. The van der Waals surface area contributed by atoms with E-state index in [-0.39, 0.29) is 23.3 Å². The van der Waals surface area contributed by atoms with Gasteiger partial charge in [-0.25, -0.2) is 9.18 Å². The van der Waals surface area contributed by atoms with Crippen LogP contribution in [0.15, 0.2) is 22.6 Å². The molecule has 2 amide bonds. The molecule has 2 aromatic rings. The predicted molar refractivity (Wildman–Crippen MR) is 94.6 cm³/mol. The molecule has 1 aliphatic heterocycles. The van der Waals surface area contributed by atoms with Gasteiger partial charge in [0.1, 0.15) is 5.60 Å². The van der Waals surface area contributed by atoms with Crippen LogP contribution in [-0.4, -0.2) is 53.6 Å². The first-order valence-corrected chi connectivity index (χ1v) is 8.62. The van der Waals surface area contributed by atoms with Crippen molar-refractivity contribution in [3.63, 3.8) is 0 Å². The monoisotopic (exact) mass is 362 g/mol. The Kier molecular flexibility index (Phi) is 4.64. The summed E-state index contributed by atoms with van der Waals surface area (Å²) in [5.74, 6) is -0.628. The van der Waals surface area contributed by atoms with E-state index >= 15 is 0 Å². The summed E-state index contributed by atoms with van der Waals surface area (Å²) in [6.07, 6.45) is -0.383. The number of benzene rings is 1. The lowest BCUT2D eigenvalue weighted by Gasteiger charge is -2.35. The fourth-order valence-corrected chi connectivity index (χ4v) is 2.98. The SMILES string of the molecule is Cc1c(C(=O)N2CCN(C(=O)OC(C)(C)C)CC2)oc2c(F)cccc12. The van der Waals surface area contributed by atoms with Gasteiger partial charge >= 0.3 is 6.09 Å². The quantitative estimate of drug-likeness (QED) is 0.778. The van der Waals surface area contributed by atoms with Crippen molar-refractivity contribution in [3.05, 3.63) is 35.3 Å². The highest BCUT2D eigenvalue weighted by Crippen LogP contribution is 2.28. The summed E-state index contributed by atoms with van der Waals surface area (Å²) in [6.45, 7) is 8.70. The molecule has 0 spiro atoms. The van der Waals surface area contributed by atoms with Crippen molar-refractivity contribution >= 4 is 23.0 Å². The van der Waals surface area contributed by atoms with Crippen LogP contribution in [0.2, 0.25) is 0 Å². The van der Waals surface area contributed by atoms with E-state index in [9.17, 15) is 14.0 Å². The normalized spacial score (nSPS) is 15.4. The number of amides is 2. The number of piperazine rings is 1. The zero-order chi connectivity index (χ0) is 19.1. The van der Waals surface area contributed by atoms with Crippen LogP contribution >= 0.6 is 0 Å². The summed E-state index contributed by atoms with van der Waals surface area (Å²) < 4.78 is 24.8. The maximum absolute atomic E-state index is 13.9. The van der Waals surface area contributed by atoms with Crippen molar-refractivity contribution in [1.29, 1.82) is 0 Å². The zero-order valence-corrected chi connectivity index (χ0v) is 15.5. The van der Waals surface area contributed by atoms with Crippen LogP contribution in [0.3, 0.4) is 0 Å². The summed E-state index contributed by atoms with van der Waals surface area (Å²) in [5.41, 5.74) is 0.166. The first-order valence-electron chi connectivity index (χ1n) is 8.62. The fraction of sp³-hybridized carbons (Fsp3) is 0.474. The lowest BCUT2D eigenvalue weighted by atomic mass is 10.1. The number of hydrogen-bond donors (Lipinski definition) is 0. The first-order chi connectivity index (χ1) is 12.2. The molecule has 0 radical (unpaired) electrons. The largest absolute Gasteiger partial charge is 0.448 e. The highest BCUT2D eigenvalue weighted by atomic mass is 19.1. The Labute approximate surface area is 151 Å². The number of para-hydroxylation sites is 1. The Bertz CT molecular complexity index is 845. The first kappa shape index (κ1) is 18.2. The van der Waals surface area contributed by atoms with Gasteiger partial charge in [-0.05, 0) is 33.8 Å². The van der Waals surface area contributed by atoms with Crippen LogP contribution < -0.4 is 0 Å². The van der Waals surface area contributed by atoms with Crippen molar-refractivity contribution in [2.45, 2.75) is 33.3 Å². The molecule has 1 aromatic heterocycles. The van der Waals surface area contributed by atoms with E-state index in [2.05, 4.69) is 0 Å². The molecule has 0 atom stereocenters. The van der Waals surface area contributed by atoms with Gasteiger partial charge in [0.15, 0.2) is 17.2 Å². The second-order valence-corrected chi connectivity index (χ2v) is 7.43. The molecule has 0 aliphatic carbocycles. The van der Waals surface area contributed by atoms with Gasteiger partial charge in [0.05, 0.1) is 0 Å². The van der Waals surface area contributed by atoms with Crippen LogP contribution in [0.5, 0.6) is 0 Å². The molecule has 2 heterocycles. The lowest BCUT2D eigenvalue weighted by molar-refractivity contribution is 0.0137. The number of ether oxygens (including phenoxy) is 1. The van der Waals surface area contributed by atoms with Gasteiger partial charge in [0.25, 0.3) is 5.91 Å². The summed E-state index contributed by atoms with van der Waals surface area (Å²) >= 11 is 0. The molecule has 1 saturated heterocycles.